The summed E-state index contributed by atoms with van der Waals surface area (Å²) in [5.41, 5.74) is 4.38. The number of rotatable bonds is 14. The Balaban J connectivity index is 1.25. The van der Waals surface area contributed by atoms with Crippen molar-refractivity contribution < 1.29 is 24.2 Å². The average Bonchev–Trinajstić information content (AvgIpc) is 3.34. The van der Waals surface area contributed by atoms with Crippen molar-refractivity contribution in [3.05, 3.63) is 56.9 Å². The lowest BCUT2D eigenvalue weighted by atomic mass is 9.97. The lowest BCUT2D eigenvalue weighted by Gasteiger charge is -2.25. The summed E-state index contributed by atoms with van der Waals surface area (Å²) in [4.78, 5) is 44.0. The van der Waals surface area contributed by atoms with Crippen LogP contribution in [-0.4, -0.2) is 26.6 Å². The van der Waals surface area contributed by atoms with Gasteiger partial charge in [0.1, 0.15) is 12.4 Å². The number of phenolic OH excluding ortho intramolecular Hbond substituents is 1. The highest BCUT2D eigenvalue weighted by molar-refractivity contribution is 5.89. The van der Waals surface area contributed by atoms with Gasteiger partial charge >= 0.3 is 11.9 Å². The van der Waals surface area contributed by atoms with Crippen molar-refractivity contribution in [2.24, 2.45) is 0 Å². The zero-order valence-corrected chi connectivity index (χ0v) is 24.9. The van der Waals surface area contributed by atoms with Crippen molar-refractivity contribution in [1.82, 2.24) is 9.55 Å². The van der Waals surface area contributed by atoms with E-state index < -0.39 is 18.0 Å². The van der Waals surface area contributed by atoms with E-state index in [0.29, 0.717) is 41.9 Å². The minimum absolute atomic E-state index is 0.153. The number of esters is 2. The Labute approximate surface area is 247 Å². The summed E-state index contributed by atoms with van der Waals surface area (Å²) in [7, 11) is 0. The Bertz CT molecular complexity index is 1520. The molecule has 5 rings (SSSR count). The summed E-state index contributed by atoms with van der Waals surface area (Å²) in [6.45, 7) is 4.46. The molecule has 8 heteroatoms. The minimum atomic E-state index is -1.26. The van der Waals surface area contributed by atoms with Crippen LogP contribution < -0.4 is 5.56 Å². The van der Waals surface area contributed by atoms with Crippen LogP contribution in [0.5, 0.6) is 5.75 Å². The van der Waals surface area contributed by atoms with Crippen molar-refractivity contribution in [3.8, 4) is 17.1 Å². The third kappa shape index (κ3) is 6.22. The number of phenols is 1. The fraction of sp³-hybridized carbons (Fsp3) is 0.529. The van der Waals surface area contributed by atoms with E-state index in [1.54, 1.807) is 28.8 Å². The van der Waals surface area contributed by atoms with Crippen LogP contribution in [0.25, 0.3) is 22.3 Å². The largest absolute Gasteiger partial charge is 0.508 e. The topological polar surface area (TPSA) is 108 Å². The third-order valence-electron chi connectivity index (χ3n) is 8.62. The number of aryl methyl sites for hydroxylation is 1. The predicted octanol–water partition coefficient (Wildman–Crippen LogP) is 7.04. The van der Waals surface area contributed by atoms with Gasteiger partial charge in [-0.3, -0.25) is 9.59 Å². The maximum Gasteiger partial charge on any atom is 0.352 e. The molecule has 1 atom stereocenters. The number of cyclic esters (lactones) is 1. The molecule has 2 aliphatic heterocycles. The highest BCUT2D eigenvalue weighted by atomic mass is 16.6. The normalized spacial score (nSPS) is 15.3. The van der Waals surface area contributed by atoms with Gasteiger partial charge in [0.25, 0.3) is 5.56 Å². The highest BCUT2D eigenvalue weighted by Crippen LogP contribution is 2.39. The molecular formula is C34H42N2O6. The summed E-state index contributed by atoms with van der Waals surface area (Å²) >= 11 is 0. The molecule has 0 saturated heterocycles. The molecule has 0 fully saturated rings. The number of nitrogens with zero attached hydrogens (tertiary/aromatic N) is 2. The third-order valence-corrected chi connectivity index (χ3v) is 8.62. The van der Waals surface area contributed by atoms with Crippen LogP contribution in [-0.2, 0) is 38.6 Å². The number of unbranched alkanes of at least 4 members (excludes halogenated alkanes) is 10. The van der Waals surface area contributed by atoms with Gasteiger partial charge in [-0.1, -0.05) is 78.1 Å². The Morgan fingerprint density at radius 1 is 0.976 bits per heavy atom. The van der Waals surface area contributed by atoms with Gasteiger partial charge in [-0.05, 0) is 42.7 Å². The molecule has 0 amide bonds. The number of aromatic hydroxyl groups is 1. The number of fused-ring (bicyclic) bond motifs is 5. The monoisotopic (exact) mass is 574 g/mol. The molecule has 1 N–H and O–H groups in total. The molecule has 1 aromatic carbocycles. The summed E-state index contributed by atoms with van der Waals surface area (Å²) in [5.74, 6) is -0.956. The Kier molecular flexibility index (Phi) is 9.60. The summed E-state index contributed by atoms with van der Waals surface area (Å²) in [6, 6.07) is 6.83. The van der Waals surface area contributed by atoms with Gasteiger partial charge < -0.3 is 19.1 Å². The van der Waals surface area contributed by atoms with Gasteiger partial charge in [0, 0.05) is 22.9 Å². The fourth-order valence-electron chi connectivity index (χ4n) is 6.32. The number of hydrogen-bond donors (Lipinski definition) is 1. The summed E-state index contributed by atoms with van der Waals surface area (Å²) in [5, 5.41) is 10.9. The van der Waals surface area contributed by atoms with Crippen LogP contribution in [0.4, 0.5) is 0 Å². The van der Waals surface area contributed by atoms with Crippen molar-refractivity contribution in [3.63, 3.8) is 0 Å². The average molecular weight is 575 g/mol. The second-order valence-electron chi connectivity index (χ2n) is 11.6. The first-order valence-electron chi connectivity index (χ1n) is 15.7. The SMILES string of the molecule is CCCCCCCCCCCCCC(=O)OC1C(=O)OCc2c1cc1n(c2=O)Cc2c-1nc1ccc(O)cc1c2CC. The quantitative estimate of drug-likeness (QED) is 0.127. The number of aromatic nitrogens is 2. The van der Waals surface area contributed by atoms with Crippen molar-refractivity contribution in [2.75, 3.05) is 0 Å². The molecule has 0 spiro atoms. The first-order chi connectivity index (χ1) is 20.4. The van der Waals surface area contributed by atoms with E-state index in [1.165, 1.54) is 51.4 Å². The molecule has 2 aliphatic rings. The number of carbonyl (C=O) groups is 2. The maximum atomic E-state index is 13.6. The highest BCUT2D eigenvalue weighted by Gasteiger charge is 2.37. The number of benzene rings is 1. The molecule has 0 aliphatic carbocycles. The zero-order valence-electron chi connectivity index (χ0n) is 24.9. The molecule has 0 radical (unpaired) electrons. The van der Waals surface area contributed by atoms with Crippen LogP contribution >= 0.6 is 0 Å². The van der Waals surface area contributed by atoms with Crippen LogP contribution in [0.3, 0.4) is 0 Å². The van der Waals surface area contributed by atoms with Crippen molar-refractivity contribution in [1.29, 1.82) is 0 Å². The van der Waals surface area contributed by atoms with Gasteiger partial charge in [-0.2, -0.15) is 0 Å². The van der Waals surface area contributed by atoms with Gasteiger partial charge in [-0.15, -0.1) is 0 Å². The Hall–Kier alpha value is -3.68. The standard InChI is InChI=1S/C34H42N2O6/c1-3-5-6-7-8-9-10-11-12-13-14-15-30(38)42-32-25-19-29-31-26(20-36(29)33(39)27(25)21-41-34(32)40)23(4-2)24-18-22(37)16-17-28(24)35-31/h16-19,32,37H,3-15,20-21H2,1-2H3. The molecule has 42 heavy (non-hydrogen) atoms. The smallest absolute Gasteiger partial charge is 0.352 e. The van der Waals surface area contributed by atoms with E-state index in [2.05, 4.69) is 6.92 Å². The first kappa shape index (κ1) is 29.8. The number of pyridine rings is 2. The number of carbonyl (C=O) groups excluding carboxylic acids is 2. The van der Waals surface area contributed by atoms with Gasteiger partial charge in [0.05, 0.1) is 29.0 Å². The molecular weight excluding hydrogens is 532 g/mol. The van der Waals surface area contributed by atoms with Gasteiger partial charge in [0.15, 0.2) is 0 Å². The summed E-state index contributed by atoms with van der Waals surface area (Å²) in [6.07, 6.45) is 12.6. The molecule has 4 heterocycles. The van der Waals surface area contributed by atoms with E-state index >= 15 is 0 Å². The molecule has 8 nitrogen and oxygen atoms in total. The van der Waals surface area contributed by atoms with E-state index in [1.807, 2.05) is 6.92 Å². The predicted molar refractivity (Wildman–Crippen MR) is 161 cm³/mol. The van der Waals surface area contributed by atoms with E-state index in [-0.39, 0.29) is 24.3 Å². The van der Waals surface area contributed by atoms with E-state index in [0.717, 1.165) is 34.9 Å². The molecule has 2 aromatic heterocycles. The van der Waals surface area contributed by atoms with E-state index in [9.17, 15) is 19.5 Å². The number of hydrogen-bond acceptors (Lipinski definition) is 7. The minimum Gasteiger partial charge on any atom is -0.508 e. The molecule has 0 saturated carbocycles. The second-order valence-corrected chi connectivity index (χ2v) is 11.6. The fourth-order valence-corrected chi connectivity index (χ4v) is 6.32. The lowest BCUT2D eigenvalue weighted by Crippen LogP contribution is -2.34. The molecule has 0 bridgehead atoms. The second kappa shape index (κ2) is 13.5. The Morgan fingerprint density at radius 2 is 1.67 bits per heavy atom. The lowest BCUT2D eigenvalue weighted by molar-refractivity contribution is -0.171. The van der Waals surface area contributed by atoms with E-state index in [4.69, 9.17) is 14.5 Å². The van der Waals surface area contributed by atoms with Gasteiger partial charge in [-0.25, -0.2) is 9.78 Å². The molecule has 3 aromatic rings. The van der Waals surface area contributed by atoms with Crippen molar-refractivity contribution in [2.45, 2.75) is 117 Å². The molecule has 224 valence electrons. The van der Waals surface area contributed by atoms with Gasteiger partial charge in [0.2, 0.25) is 6.10 Å². The van der Waals surface area contributed by atoms with Crippen LogP contribution in [0, 0.1) is 0 Å². The number of ether oxygens (including phenoxy) is 2. The van der Waals surface area contributed by atoms with Crippen LogP contribution in [0.15, 0.2) is 29.1 Å². The zero-order chi connectivity index (χ0) is 29.6. The van der Waals surface area contributed by atoms with Crippen LogP contribution in [0.1, 0.15) is 119 Å². The summed E-state index contributed by atoms with van der Waals surface area (Å²) < 4.78 is 12.6. The molecule has 1 unspecified atom stereocenters. The Morgan fingerprint density at radius 3 is 2.36 bits per heavy atom. The van der Waals surface area contributed by atoms with Crippen molar-refractivity contribution >= 4 is 22.8 Å². The first-order valence-corrected chi connectivity index (χ1v) is 15.7. The maximum absolute atomic E-state index is 13.6. The van der Waals surface area contributed by atoms with Crippen LogP contribution in [0.2, 0.25) is 0 Å².